The van der Waals surface area contributed by atoms with Crippen LogP contribution >= 0.6 is 0 Å². The Kier molecular flexibility index (Phi) is 5.13. The van der Waals surface area contributed by atoms with Crippen LogP contribution in [-0.4, -0.2) is 27.9 Å². The van der Waals surface area contributed by atoms with Crippen LogP contribution in [0.1, 0.15) is 31.3 Å². The van der Waals surface area contributed by atoms with Crippen LogP contribution in [-0.2, 0) is 10.0 Å². The van der Waals surface area contributed by atoms with Crippen LogP contribution in [0.2, 0.25) is 0 Å². The van der Waals surface area contributed by atoms with Crippen molar-refractivity contribution in [2.75, 3.05) is 4.72 Å². The first-order valence-corrected chi connectivity index (χ1v) is 9.89. The Balaban J connectivity index is 1.86. The SMILES string of the molecule is Cc1nc(Oc2ccccc2)nc(C)c1NS(=O)(=O)c1cn(C(C)C)cn1. The molecule has 0 fully saturated rings. The van der Waals surface area contributed by atoms with Gasteiger partial charge in [-0.15, -0.1) is 0 Å². The smallest absolute Gasteiger partial charge is 0.322 e. The third-order valence-electron chi connectivity index (χ3n) is 3.89. The number of aryl methyl sites for hydroxylation is 2. The van der Waals surface area contributed by atoms with Gasteiger partial charge in [-0.1, -0.05) is 18.2 Å². The van der Waals surface area contributed by atoms with E-state index in [-0.39, 0.29) is 17.1 Å². The number of sulfonamides is 1. The third-order valence-corrected chi connectivity index (χ3v) is 5.12. The minimum atomic E-state index is -3.85. The molecule has 2 aromatic heterocycles. The van der Waals surface area contributed by atoms with Crippen molar-refractivity contribution in [3.05, 3.63) is 54.2 Å². The molecule has 0 amide bonds. The van der Waals surface area contributed by atoms with Crippen LogP contribution in [0.5, 0.6) is 11.8 Å². The van der Waals surface area contributed by atoms with Gasteiger partial charge in [0.1, 0.15) is 5.75 Å². The zero-order chi connectivity index (χ0) is 19.6. The van der Waals surface area contributed by atoms with Gasteiger partial charge in [-0.25, -0.2) is 4.98 Å². The quantitative estimate of drug-likeness (QED) is 0.695. The molecule has 27 heavy (non-hydrogen) atoms. The Morgan fingerprint density at radius 2 is 1.70 bits per heavy atom. The van der Waals surface area contributed by atoms with E-state index in [0.29, 0.717) is 22.8 Å². The lowest BCUT2D eigenvalue weighted by Gasteiger charge is -2.13. The second-order valence-electron chi connectivity index (χ2n) is 6.33. The fourth-order valence-corrected chi connectivity index (χ4v) is 3.51. The van der Waals surface area contributed by atoms with E-state index in [1.807, 2.05) is 32.0 Å². The van der Waals surface area contributed by atoms with Crippen LogP contribution in [0.25, 0.3) is 0 Å². The Labute approximate surface area is 158 Å². The predicted molar refractivity (Wildman–Crippen MR) is 101 cm³/mol. The molecular formula is C18H21N5O3S. The van der Waals surface area contributed by atoms with Gasteiger partial charge in [0, 0.05) is 12.2 Å². The fraction of sp³-hybridized carbons (Fsp3) is 0.278. The van der Waals surface area contributed by atoms with Crippen LogP contribution in [0, 0.1) is 13.8 Å². The molecule has 0 spiro atoms. The maximum absolute atomic E-state index is 12.6. The van der Waals surface area contributed by atoms with E-state index in [2.05, 4.69) is 19.7 Å². The van der Waals surface area contributed by atoms with E-state index in [4.69, 9.17) is 4.74 Å². The van der Waals surface area contributed by atoms with Crippen molar-refractivity contribution in [1.82, 2.24) is 19.5 Å². The Bertz CT molecular complexity index is 1020. The monoisotopic (exact) mass is 387 g/mol. The molecule has 0 bridgehead atoms. The molecule has 0 aliphatic carbocycles. The maximum atomic E-state index is 12.6. The summed E-state index contributed by atoms with van der Waals surface area (Å²) in [5.74, 6) is 0.601. The van der Waals surface area contributed by atoms with Crippen molar-refractivity contribution in [2.24, 2.45) is 0 Å². The Morgan fingerprint density at radius 3 is 2.26 bits per heavy atom. The number of nitrogens with zero attached hydrogens (tertiary/aromatic N) is 4. The number of imidazole rings is 1. The van der Waals surface area contributed by atoms with Gasteiger partial charge in [0.05, 0.1) is 23.4 Å². The molecule has 0 aliphatic heterocycles. The second-order valence-corrected chi connectivity index (χ2v) is 7.95. The van der Waals surface area contributed by atoms with Crippen molar-refractivity contribution < 1.29 is 13.2 Å². The number of benzene rings is 1. The van der Waals surface area contributed by atoms with Gasteiger partial charge in [-0.05, 0) is 39.8 Å². The highest BCUT2D eigenvalue weighted by molar-refractivity contribution is 7.92. The summed E-state index contributed by atoms with van der Waals surface area (Å²) < 4.78 is 35.2. The van der Waals surface area contributed by atoms with Gasteiger partial charge in [0.15, 0.2) is 5.03 Å². The summed E-state index contributed by atoms with van der Waals surface area (Å²) in [6.45, 7) is 7.27. The Morgan fingerprint density at radius 1 is 1.07 bits per heavy atom. The normalized spacial score (nSPS) is 11.6. The first-order valence-electron chi connectivity index (χ1n) is 8.40. The second kappa shape index (κ2) is 7.36. The number of anilines is 1. The number of para-hydroxylation sites is 1. The molecule has 0 saturated heterocycles. The van der Waals surface area contributed by atoms with E-state index < -0.39 is 10.0 Å². The highest BCUT2D eigenvalue weighted by atomic mass is 32.2. The molecule has 2 heterocycles. The topological polar surface area (TPSA) is 99.0 Å². The molecule has 1 N–H and O–H groups in total. The molecule has 142 valence electrons. The summed E-state index contributed by atoms with van der Waals surface area (Å²) in [6.07, 6.45) is 2.98. The van der Waals surface area contributed by atoms with E-state index in [1.165, 1.54) is 12.5 Å². The average Bonchev–Trinajstić information content (AvgIpc) is 3.11. The fourth-order valence-electron chi connectivity index (χ4n) is 2.40. The number of hydrogen-bond acceptors (Lipinski definition) is 6. The zero-order valence-corrected chi connectivity index (χ0v) is 16.4. The number of rotatable bonds is 6. The minimum Gasteiger partial charge on any atom is -0.424 e. The number of aromatic nitrogens is 4. The molecule has 0 saturated carbocycles. The summed E-state index contributed by atoms with van der Waals surface area (Å²) in [5.41, 5.74) is 1.23. The number of hydrogen-bond donors (Lipinski definition) is 1. The van der Waals surface area contributed by atoms with Crippen molar-refractivity contribution in [1.29, 1.82) is 0 Å². The van der Waals surface area contributed by atoms with Crippen molar-refractivity contribution in [2.45, 2.75) is 38.8 Å². The first kappa shape index (κ1) is 18.8. The van der Waals surface area contributed by atoms with Crippen LogP contribution < -0.4 is 9.46 Å². The van der Waals surface area contributed by atoms with Crippen LogP contribution in [0.4, 0.5) is 5.69 Å². The predicted octanol–water partition coefficient (Wildman–Crippen LogP) is 3.46. The molecule has 0 atom stereocenters. The van der Waals surface area contributed by atoms with E-state index in [9.17, 15) is 8.42 Å². The highest BCUT2D eigenvalue weighted by Gasteiger charge is 2.21. The van der Waals surface area contributed by atoms with Crippen molar-refractivity contribution in [3.8, 4) is 11.8 Å². The van der Waals surface area contributed by atoms with Crippen molar-refractivity contribution in [3.63, 3.8) is 0 Å². The van der Waals surface area contributed by atoms with Crippen LogP contribution in [0.3, 0.4) is 0 Å². The first-order chi connectivity index (χ1) is 12.8. The van der Waals surface area contributed by atoms with Gasteiger partial charge in [-0.3, -0.25) is 4.72 Å². The molecule has 8 nitrogen and oxygen atoms in total. The molecule has 3 rings (SSSR count). The summed E-state index contributed by atoms with van der Waals surface area (Å²) in [7, 11) is -3.85. The van der Waals surface area contributed by atoms with E-state index in [1.54, 1.807) is 30.5 Å². The minimum absolute atomic E-state index is 0.0559. The largest absolute Gasteiger partial charge is 0.424 e. The molecule has 0 aliphatic rings. The summed E-state index contributed by atoms with van der Waals surface area (Å²) in [5, 5.41) is -0.0559. The molecular weight excluding hydrogens is 366 g/mol. The van der Waals surface area contributed by atoms with Crippen LogP contribution in [0.15, 0.2) is 47.9 Å². The molecule has 0 unspecified atom stereocenters. The number of ether oxygens (including phenoxy) is 1. The maximum Gasteiger partial charge on any atom is 0.322 e. The van der Waals surface area contributed by atoms with E-state index in [0.717, 1.165) is 0 Å². The third kappa shape index (κ3) is 4.25. The molecule has 9 heteroatoms. The standard InChI is InChI=1S/C18H21N5O3S/c1-12(2)23-10-16(19-11-23)27(24,25)22-17-13(3)20-18(21-14(17)4)26-15-8-6-5-7-9-15/h5-12,22H,1-4H3. The average molecular weight is 387 g/mol. The molecule has 3 aromatic rings. The zero-order valence-electron chi connectivity index (χ0n) is 15.5. The summed E-state index contributed by atoms with van der Waals surface area (Å²) in [6, 6.07) is 9.40. The highest BCUT2D eigenvalue weighted by Crippen LogP contribution is 2.25. The summed E-state index contributed by atoms with van der Waals surface area (Å²) >= 11 is 0. The van der Waals surface area contributed by atoms with Gasteiger partial charge < -0.3 is 9.30 Å². The van der Waals surface area contributed by atoms with Gasteiger partial charge >= 0.3 is 6.01 Å². The Hall–Kier alpha value is -2.94. The van der Waals surface area contributed by atoms with Gasteiger partial charge in [-0.2, -0.15) is 18.4 Å². The molecule has 0 radical (unpaired) electrons. The lowest BCUT2D eigenvalue weighted by atomic mass is 10.3. The molecule has 1 aromatic carbocycles. The van der Waals surface area contributed by atoms with Gasteiger partial charge in [0.25, 0.3) is 10.0 Å². The van der Waals surface area contributed by atoms with Gasteiger partial charge in [0.2, 0.25) is 0 Å². The lowest BCUT2D eigenvalue weighted by Crippen LogP contribution is -2.16. The lowest BCUT2D eigenvalue weighted by molar-refractivity contribution is 0.439. The van der Waals surface area contributed by atoms with E-state index >= 15 is 0 Å². The van der Waals surface area contributed by atoms with Crippen molar-refractivity contribution >= 4 is 15.7 Å². The summed E-state index contributed by atoms with van der Waals surface area (Å²) in [4.78, 5) is 12.5. The number of nitrogens with one attached hydrogen (secondary N) is 1.